The summed E-state index contributed by atoms with van der Waals surface area (Å²) in [4.78, 5) is 24.1. The maximum atomic E-state index is 12.1. The van der Waals surface area contributed by atoms with Crippen LogP contribution in [-0.2, 0) is 15.3 Å². The number of carbonyl (C=O) groups is 2. The van der Waals surface area contributed by atoms with Crippen molar-refractivity contribution in [2.75, 3.05) is 12.4 Å². The molecule has 0 saturated heterocycles. The molecule has 1 atom stereocenters. The van der Waals surface area contributed by atoms with Crippen molar-refractivity contribution in [1.29, 1.82) is 0 Å². The summed E-state index contributed by atoms with van der Waals surface area (Å²) >= 11 is 13.7. The SMILES string of the molecule is C[C@H](NC(=O)COc1ccc(/C=N\NC(=O)CSCc2c(Cl)cccc2Cl)cc1)c1ccccc1. The molecule has 0 spiro atoms. The maximum Gasteiger partial charge on any atom is 0.258 e. The number of rotatable bonds is 11. The highest BCUT2D eigenvalue weighted by Crippen LogP contribution is 2.28. The fraction of sp³-hybridized carbons (Fsp3) is 0.192. The van der Waals surface area contributed by atoms with Crippen LogP contribution in [0, 0.1) is 0 Å². The molecular formula is C26H25Cl2N3O3S. The Labute approximate surface area is 219 Å². The molecule has 0 bridgehead atoms. The van der Waals surface area contributed by atoms with E-state index in [0.29, 0.717) is 21.5 Å². The molecular weight excluding hydrogens is 505 g/mol. The number of hydrogen-bond donors (Lipinski definition) is 2. The predicted molar refractivity (Wildman–Crippen MR) is 143 cm³/mol. The summed E-state index contributed by atoms with van der Waals surface area (Å²) in [6, 6.07) is 22.0. The standard InChI is InChI=1S/C26H25Cl2N3O3S/c1-18(20-6-3-2-4-7-20)30-25(32)15-34-21-12-10-19(11-13-21)14-29-31-26(33)17-35-16-22-23(27)8-5-9-24(22)28/h2-14,18H,15-17H2,1H3,(H,30,32)(H,31,33)/b29-14-/t18-/m0/s1. The van der Waals surface area contributed by atoms with Crippen LogP contribution in [0.2, 0.25) is 10.0 Å². The summed E-state index contributed by atoms with van der Waals surface area (Å²) in [5, 5.41) is 8.04. The Kier molecular flexibility index (Phi) is 10.5. The lowest BCUT2D eigenvalue weighted by Gasteiger charge is -2.14. The molecule has 3 aromatic rings. The summed E-state index contributed by atoms with van der Waals surface area (Å²) in [6.45, 7) is 1.84. The maximum absolute atomic E-state index is 12.1. The third-order valence-corrected chi connectivity index (χ3v) is 6.54. The van der Waals surface area contributed by atoms with Crippen LogP contribution in [0.3, 0.4) is 0 Å². The summed E-state index contributed by atoms with van der Waals surface area (Å²) in [6.07, 6.45) is 1.53. The average Bonchev–Trinajstić information content (AvgIpc) is 2.86. The van der Waals surface area contributed by atoms with Gasteiger partial charge in [-0.3, -0.25) is 9.59 Å². The van der Waals surface area contributed by atoms with E-state index in [1.807, 2.05) is 37.3 Å². The molecule has 182 valence electrons. The highest BCUT2D eigenvalue weighted by molar-refractivity contribution is 7.99. The number of nitrogens with zero attached hydrogens (tertiary/aromatic N) is 1. The zero-order chi connectivity index (χ0) is 25.0. The number of hydrazone groups is 1. The molecule has 6 nitrogen and oxygen atoms in total. The molecule has 9 heteroatoms. The first-order valence-corrected chi connectivity index (χ1v) is 12.7. The molecule has 0 aliphatic carbocycles. The van der Waals surface area contributed by atoms with Gasteiger partial charge in [-0.1, -0.05) is 59.6 Å². The Morgan fingerprint density at radius 3 is 2.34 bits per heavy atom. The number of ether oxygens (including phenoxy) is 1. The second-order valence-electron chi connectivity index (χ2n) is 7.54. The Balaban J connectivity index is 1.36. The Morgan fingerprint density at radius 1 is 0.971 bits per heavy atom. The summed E-state index contributed by atoms with van der Waals surface area (Å²) in [5.41, 5.74) is 5.10. The van der Waals surface area contributed by atoms with Gasteiger partial charge in [0.15, 0.2) is 6.61 Å². The molecule has 2 N–H and O–H groups in total. The van der Waals surface area contributed by atoms with Crippen LogP contribution < -0.4 is 15.5 Å². The van der Waals surface area contributed by atoms with Gasteiger partial charge in [0, 0.05) is 15.8 Å². The van der Waals surface area contributed by atoms with Crippen LogP contribution in [0.1, 0.15) is 29.7 Å². The molecule has 0 fully saturated rings. The molecule has 2 amide bonds. The minimum Gasteiger partial charge on any atom is -0.484 e. The molecule has 0 aliphatic heterocycles. The van der Waals surface area contributed by atoms with Gasteiger partial charge in [-0.25, -0.2) is 5.43 Å². The van der Waals surface area contributed by atoms with Crippen molar-refractivity contribution in [1.82, 2.24) is 10.7 Å². The largest absolute Gasteiger partial charge is 0.484 e. The summed E-state index contributed by atoms with van der Waals surface area (Å²) < 4.78 is 5.55. The molecule has 0 saturated carbocycles. The first-order valence-electron chi connectivity index (χ1n) is 10.8. The number of benzene rings is 3. The molecule has 0 unspecified atom stereocenters. The smallest absolute Gasteiger partial charge is 0.258 e. The average molecular weight is 530 g/mol. The van der Waals surface area contributed by atoms with Gasteiger partial charge in [0.25, 0.3) is 5.91 Å². The first-order chi connectivity index (χ1) is 16.9. The van der Waals surface area contributed by atoms with Crippen LogP contribution in [0.15, 0.2) is 77.9 Å². The van der Waals surface area contributed by atoms with Crippen molar-refractivity contribution in [2.24, 2.45) is 5.10 Å². The second kappa shape index (κ2) is 13.8. The highest BCUT2D eigenvalue weighted by atomic mass is 35.5. The van der Waals surface area contributed by atoms with Crippen LogP contribution >= 0.6 is 35.0 Å². The fourth-order valence-corrected chi connectivity index (χ4v) is 4.59. The van der Waals surface area contributed by atoms with Crippen LogP contribution in [0.25, 0.3) is 0 Å². The van der Waals surface area contributed by atoms with Gasteiger partial charge in [0.2, 0.25) is 5.91 Å². The number of thioether (sulfide) groups is 1. The predicted octanol–water partition coefficient (Wildman–Crippen LogP) is 5.63. The first kappa shape index (κ1) is 26.6. The molecule has 3 aromatic carbocycles. The van der Waals surface area contributed by atoms with Crippen molar-refractivity contribution >= 4 is 53.0 Å². The molecule has 0 radical (unpaired) electrons. The molecule has 3 rings (SSSR count). The van der Waals surface area contributed by atoms with E-state index in [1.165, 1.54) is 18.0 Å². The van der Waals surface area contributed by atoms with Gasteiger partial charge in [-0.2, -0.15) is 5.10 Å². The number of carbonyl (C=O) groups excluding carboxylic acids is 2. The van der Waals surface area contributed by atoms with Gasteiger partial charge >= 0.3 is 0 Å². The van der Waals surface area contributed by atoms with Gasteiger partial charge in [-0.15, -0.1) is 11.8 Å². The van der Waals surface area contributed by atoms with Crippen molar-refractivity contribution in [3.8, 4) is 5.75 Å². The van der Waals surface area contributed by atoms with Crippen LogP contribution in [0.5, 0.6) is 5.75 Å². The van der Waals surface area contributed by atoms with E-state index < -0.39 is 0 Å². The van der Waals surface area contributed by atoms with E-state index in [9.17, 15) is 9.59 Å². The molecule has 0 aliphatic rings. The van der Waals surface area contributed by atoms with Crippen molar-refractivity contribution in [3.63, 3.8) is 0 Å². The lowest BCUT2D eigenvalue weighted by atomic mass is 10.1. The van der Waals surface area contributed by atoms with Crippen molar-refractivity contribution in [2.45, 2.75) is 18.7 Å². The Hall–Kier alpha value is -3.00. The minimum atomic E-state index is -0.231. The quantitative estimate of drug-likeness (QED) is 0.249. The normalized spacial score (nSPS) is 11.7. The fourth-order valence-electron chi connectivity index (χ4n) is 3.03. The number of halogens is 2. The van der Waals surface area contributed by atoms with E-state index in [1.54, 1.807) is 42.5 Å². The topological polar surface area (TPSA) is 79.8 Å². The van der Waals surface area contributed by atoms with E-state index in [2.05, 4.69) is 15.8 Å². The zero-order valence-electron chi connectivity index (χ0n) is 19.0. The molecule has 0 heterocycles. The van der Waals surface area contributed by atoms with E-state index >= 15 is 0 Å². The van der Waals surface area contributed by atoms with Crippen molar-refractivity contribution < 1.29 is 14.3 Å². The lowest BCUT2D eigenvalue weighted by molar-refractivity contribution is -0.123. The molecule has 35 heavy (non-hydrogen) atoms. The van der Waals surface area contributed by atoms with Gasteiger partial charge in [0.1, 0.15) is 5.75 Å². The third-order valence-electron chi connectivity index (χ3n) is 4.87. The van der Waals surface area contributed by atoms with Gasteiger partial charge in [-0.05, 0) is 60.0 Å². The monoisotopic (exact) mass is 529 g/mol. The van der Waals surface area contributed by atoms with Gasteiger partial charge < -0.3 is 10.1 Å². The minimum absolute atomic E-state index is 0.0856. The Morgan fingerprint density at radius 2 is 1.66 bits per heavy atom. The second-order valence-corrected chi connectivity index (χ2v) is 9.34. The zero-order valence-corrected chi connectivity index (χ0v) is 21.4. The summed E-state index contributed by atoms with van der Waals surface area (Å²) in [7, 11) is 0. The highest BCUT2D eigenvalue weighted by Gasteiger charge is 2.10. The van der Waals surface area contributed by atoms with Crippen LogP contribution in [-0.4, -0.2) is 30.4 Å². The third kappa shape index (κ3) is 8.94. The van der Waals surface area contributed by atoms with E-state index in [0.717, 1.165) is 16.7 Å². The van der Waals surface area contributed by atoms with Crippen LogP contribution in [0.4, 0.5) is 0 Å². The van der Waals surface area contributed by atoms with E-state index in [-0.39, 0.29) is 30.2 Å². The Bertz CT molecular complexity index is 1140. The number of hydrogen-bond acceptors (Lipinski definition) is 5. The van der Waals surface area contributed by atoms with E-state index in [4.69, 9.17) is 27.9 Å². The number of amides is 2. The molecule has 0 aromatic heterocycles. The van der Waals surface area contributed by atoms with Crippen molar-refractivity contribution in [3.05, 3.63) is 99.5 Å². The van der Waals surface area contributed by atoms with Gasteiger partial charge in [0.05, 0.1) is 18.0 Å². The lowest BCUT2D eigenvalue weighted by Crippen LogP contribution is -2.31. The summed E-state index contributed by atoms with van der Waals surface area (Å²) in [5.74, 6) is 0.870. The number of nitrogens with one attached hydrogen (secondary N) is 2.